The van der Waals surface area contributed by atoms with E-state index in [1.165, 1.54) is 24.3 Å². The van der Waals surface area contributed by atoms with E-state index in [2.05, 4.69) is 64.7 Å². The average Bonchev–Trinajstić information content (AvgIpc) is 3.03. The van der Waals surface area contributed by atoms with Crippen molar-refractivity contribution >= 4 is 41.9 Å². The van der Waals surface area contributed by atoms with Gasteiger partial charge in [0.25, 0.3) is 11.1 Å². The fourth-order valence-electron chi connectivity index (χ4n) is 3.59. The number of carbonyl (C=O) groups is 4. The number of rotatable bonds is 18. The highest BCUT2D eigenvalue weighted by Gasteiger charge is 2.05. The Morgan fingerprint density at radius 2 is 1.16 bits per heavy atom. The molecule has 0 atom stereocenters. The molecule has 0 aliphatic rings. The van der Waals surface area contributed by atoms with Gasteiger partial charge >= 0.3 is 18.0 Å². The maximum atomic E-state index is 11.6. The number of hydrogen-bond acceptors (Lipinski definition) is 10. The zero-order valence-corrected chi connectivity index (χ0v) is 27.9. The summed E-state index contributed by atoms with van der Waals surface area (Å²) in [6.07, 6.45) is 10.8. The van der Waals surface area contributed by atoms with E-state index < -0.39 is 18.0 Å². The number of carboxylic acid groups (broad SMARTS) is 1. The molecule has 0 spiro atoms. The van der Waals surface area contributed by atoms with Crippen LogP contribution in [0.3, 0.4) is 0 Å². The van der Waals surface area contributed by atoms with E-state index in [-0.39, 0.29) is 28.9 Å². The van der Waals surface area contributed by atoms with Crippen LogP contribution >= 0.6 is 0 Å². The van der Waals surface area contributed by atoms with Crippen LogP contribution < -0.4 is 37.7 Å². The molecule has 268 valence electrons. The molecular weight excluding hydrogens is 640 g/mol. The third-order valence-corrected chi connectivity index (χ3v) is 5.80. The van der Waals surface area contributed by atoms with E-state index in [4.69, 9.17) is 5.11 Å². The summed E-state index contributed by atoms with van der Waals surface area (Å²) in [7, 11) is 0. The number of unbranched alkanes of at least 4 members (excludes halogenated alkanes) is 6. The average molecular weight is 687 g/mol. The van der Waals surface area contributed by atoms with Gasteiger partial charge in [0.05, 0.1) is 6.54 Å². The zero-order valence-electron chi connectivity index (χ0n) is 27.9. The number of aliphatic carboxylic acids is 1. The number of nitrogens with zero attached hydrogens (tertiary/aromatic N) is 3. The fraction of sp³-hybridized carbons (Fsp3) is 0.452. The van der Waals surface area contributed by atoms with Gasteiger partial charge in [-0.15, -0.1) is 0 Å². The first-order valence-electron chi connectivity index (χ1n) is 15.4. The number of hydrogen-bond donors (Lipinski definition) is 8. The first-order valence-corrected chi connectivity index (χ1v) is 15.4. The van der Waals surface area contributed by atoms with Crippen LogP contribution in [0.4, 0.5) is 21.5 Å². The minimum absolute atomic E-state index is 0.129. The normalized spacial score (nSPS) is 9.51. The largest absolute Gasteiger partial charge is 0.478 e. The van der Waals surface area contributed by atoms with Crippen LogP contribution in [0.15, 0.2) is 52.0 Å². The van der Waals surface area contributed by atoms with E-state index in [9.17, 15) is 33.6 Å². The van der Waals surface area contributed by atoms with Crippen molar-refractivity contribution in [1.29, 1.82) is 0 Å². The Kier molecular flexibility index (Phi) is 24.0. The number of amides is 5. The summed E-state index contributed by atoms with van der Waals surface area (Å²) in [4.78, 5) is 92.0. The molecule has 0 saturated heterocycles. The van der Waals surface area contributed by atoms with Gasteiger partial charge in [0.1, 0.15) is 0 Å². The molecule has 0 aliphatic carbocycles. The third kappa shape index (κ3) is 25.9. The van der Waals surface area contributed by atoms with E-state index in [1.54, 1.807) is 13.8 Å². The maximum Gasteiger partial charge on any atom is 0.327 e. The molecule has 2 rings (SSSR count). The first kappa shape index (κ1) is 43.1. The molecule has 18 nitrogen and oxygen atoms in total. The Morgan fingerprint density at radius 1 is 0.755 bits per heavy atom. The van der Waals surface area contributed by atoms with Crippen LogP contribution in [-0.4, -0.2) is 81.2 Å². The fourth-order valence-corrected chi connectivity index (χ4v) is 3.59. The summed E-state index contributed by atoms with van der Waals surface area (Å²) in [5.74, 6) is -0.883. The molecule has 2 aromatic heterocycles. The Bertz CT molecular complexity index is 1520. The quantitative estimate of drug-likeness (QED) is 0.0491. The molecule has 18 heteroatoms. The van der Waals surface area contributed by atoms with Crippen LogP contribution in [0.1, 0.15) is 62.8 Å². The van der Waals surface area contributed by atoms with Gasteiger partial charge < -0.3 is 21.1 Å². The number of H-pyrrole nitrogens is 2. The summed E-state index contributed by atoms with van der Waals surface area (Å²) in [6, 6.07) is 1.88. The highest BCUT2D eigenvalue weighted by atomic mass is 16.4. The molecule has 0 bridgehead atoms. The summed E-state index contributed by atoms with van der Waals surface area (Å²) in [5.41, 5.74) is 0.451. The van der Waals surface area contributed by atoms with Crippen LogP contribution in [0.5, 0.6) is 0 Å². The van der Waals surface area contributed by atoms with Crippen molar-refractivity contribution < 1.29 is 29.1 Å². The van der Waals surface area contributed by atoms with Crippen molar-refractivity contribution in [1.82, 2.24) is 35.9 Å². The molecule has 0 aromatic carbocycles. The number of aromatic nitrogens is 4. The van der Waals surface area contributed by atoms with Crippen LogP contribution in [0, 0.1) is 13.8 Å². The lowest BCUT2D eigenvalue weighted by Gasteiger charge is -2.07. The molecule has 49 heavy (non-hydrogen) atoms. The van der Waals surface area contributed by atoms with Gasteiger partial charge in [-0.05, 0) is 45.6 Å². The van der Waals surface area contributed by atoms with Gasteiger partial charge in [0.2, 0.25) is 23.9 Å². The Hall–Kier alpha value is -5.90. The molecule has 0 fully saturated rings. The number of aliphatic imine (C=N–C) groups is 1. The summed E-state index contributed by atoms with van der Waals surface area (Å²) < 4.78 is 0. The highest BCUT2D eigenvalue weighted by Crippen LogP contribution is 2.00. The van der Waals surface area contributed by atoms with Crippen molar-refractivity contribution in [3.63, 3.8) is 0 Å². The van der Waals surface area contributed by atoms with Crippen molar-refractivity contribution in [2.45, 2.75) is 65.2 Å². The van der Waals surface area contributed by atoms with E-state index in [1.807, 2.05) is 0 Å². The molecule has 0 aliphatic heterocycles. The first-order chi connectivity index (χ1) is 23.4. The predicted octanol–water partition coefficient (Wildman–Crippen LogP) is 2.42. The van der Waals surface area contributed by atoms with E-state index in [0.29, 0.717) is 37.6 Å². The monoisotopic (exact) mass is 686 g/mol. The molecule has 5 amide bonds. The minimum Gasteiger partial charge on any atom is -0.478 e. The SMILES string of the molecule is C=CC(=O)NCCCCCCNC(=O)Nc1nc(C)cc(=O)[nH]1.C=CC(=O)O.Cc1cc(=O)[nH]c(NC(=O)NCCCCCCN=C=O)n1. The van der Waals surface area contributed by atoms with Gasteiger partial charge in [0.15, 0.2) is 0 Å². The molecule has 2 heterocycles. The van der Waals surface area contributed by atoms with Crippen LogP contribution in [-0.2, 0) is 14.4 Å². The number of carbonyl (C=O) groups excluding carboxylic acids is 4. The van der Waals surface area contributed by atoms with Gasteiger partial charge in [-0.25, -0.2) is 34.1 Å². The second-order valence-corrected chi connectivity index (χ2v) is 10.1. The lowest BCUT2D eigenvalue weighted by Crippen LogP contribution is -2.31. The zero-order chi connectivity index (χ0) is 36.9. The predicted molar refractivity (Wildman–Crippen MR) is 184 cm³/mol. The van der Waals surface area contributed by atoms with Crippen molar-refractivity contribution in [2.75, 3.05) is 36.8 Å². The molecule has 0 unspecified atom stereocenters. The highest BCUT2D eigenvalue weighted by molar-refractivity contribution is 5.88. The van der Waals surface area contributed by atoms with Gasteiger partial charge in [-0.1, -0.05) is 38.8 Å². The minimum atomic E-state index is -0.981. The Balaban J connectivity index is 0.000000828. The number of aromatic amines is 2. The number of urea groups is 2. The number of carboxylic acids is 1. The topological polar surface area (TPSA) is 270 Å². The van der Waals surface area contributed by atoms with Gasteiger partial charge in [0, 0.05) is 49.2 Å². The van der Waals surface area contributed by atoms with Crippen molar-refractivity contribution in [3.05, 3.63) is 69.5 Å². The second kappa shape index (κ2) is 27.2. The summed E-state index contributed by atoms with van der Waals surface area (Å²) >= 11 is 0. The second-order valence-electron chi connectivity index (χ2n) is 10.1. The lowest BCUT2D eigenvalue weighted by molar-refractivity contribution is -0.131. The van der Waals surface area contributed by atoms with E-state index in [0.717, 1.165) is 57.4 Å². The number of anilines is 2. The number of aryl methyl sites for hydroxylation is 2. The van der Waals surface area contributed by atoms with Crippen molar-refractivity contribution in [3.8, 4) is 0 Å². The third-order valence-electron chi connectivity index (χ3n) is 5.80. The lowest BCUT2D eigenvalue weighted by atomic mass is 10.2. The van der Waals surface area contributed by atoms with Crippen LogP contribution in [0.2, 0.25) is 0 Å². The summed E-state index contributed by atoms with van der Waals surface area (Å²) in [5, 5.41) is 20.6. The van der Waals surface area contributed by atoms with Gasteiger partial charge in [-0.3, -0.25) is 35.0 Å². The standard InChI is InChI=1S/C15H23N5O3.C13H19N5O3.C3H4O2/c1-3-12(21)16-8-6-4-5-7-9-17-15(23)20-14-18-11(2)10-13(22)19-14;1-10-8-11(20)17-12(16-10)18-13(21)15-7-5-3-2-4-6-14-9-19;1-2-3(4)5/h3,10H,1,4-9H2,2H3,(H,16,21)(H3,17,18,19,20,22,23);8H,2-7H2,1H3,(H3,15,16,17,18,20,21);2H,1H2,(H,4,5). The Morgan fingerprint density at radius 3 is 1.53 bits per heavy atom. The smallest absolute Gasteiger partial charge is 0.327 e. The molecule has 0 radical (unpaired) electrons. The molecule has 0 saturated carbocycles. The van der Waals surface area contributed by atoms with Crippen LogP contribution in [0.25, 0.3) is 0 Å². The molecular formula is C31H46N10O8. The van der Waals surface area contributed by atoms with E-state index >= 15 is 0 Å². The van der Waals surface area contributed by atoms with Gasteiger partial charge in [-0.2, -0.15) is 0 Å². The Labute approximate surface area is 283 Å². The maximum absolute atomic E-state index is 11.6. The molecule has 2 aromatic rings. The summed E-state index contributed by atoms with van der Waals surface area (Å²) in [6.45, 7) is 11.9. The number of nitrogens with one attached hydrogen (secondary N) is 7. The molecule has 8 N–H and O–H groups in total. The van der Waals surface area contributed by atoms with Crippen molar-refractivity contribution in [2.24, 2.45) is 4.99 Å². The number of isocyanates is 1.